The molecule has 1 aliphatic rings. The van der Waals surface area contributed by atoms with Gasteiger partial charge in [-0.2, -0.15) is 0 Å². The van der Waals surface area contributed by atoms with E-state index < -0.39 is 23.4 Å². The number of carbonyl (C=O) groups is 2. The van der Waals surface area contributed by atoms with Gasteiger partial charge in [0.25, 0.3) is 0 Å². The van der Waals surface area contributed by atoms with Crippen molar-refractivity contribution in [3.05, 3.63) is 24.8 Å². The second-order valence-corrected chi connectivity index (χ2v) is 9.84. The molecular weight excluding hydrogens is 342 g/mol. The number of carbonyl (C=O) groups excluding carboxylic acids is 2. The summed E-state index contributed by atoms with van der Waals surface area (Å²) in [5.74, 6) is 0.269. The Morgan fingerprint density at radius 3 is 1.78 bits per heavy atom. The predicted octanol–water partition coefficient (Wildman–Crippen LogP) is 6.10. The number of imide groups is 1. The highest BCUT2D eigenvalue weighted by molar-refractivity contribution is 5.88. The fourth-order valence-corrected chi connectivity index (χ4v) is 3.06. The molecule has 5 heteroatoms. The molecule has 0 radical (unpaired) electrons. The van der Waals surface area contributed by atoms with Crippen LogP contribution in [0.1, 0.15) is 74.1 Å². The molecule has 27 heavy (non-hydrogen) atoms. The van der Waals surface area contributed by atoms with Gasteiger partial charge in [0.1, 0.15) is 11.2 Å². The highest BCUT2D eigenvalue weighted by Gasteiger charge is 2.34. The van der Waals surface area contributed by atoms with Crippen LogP contribution in [0.5, 0.6) is 0 Å². The summed E-state index contributed by atoms with van der Waals surface area (Å²) in [5, 5.41) is 0. The fourth-order valence-electron chi connectivity index (χ4n) is 3.06. The van der Waals surface area contributed by atoms with Gasteiger partial charge in [-0.1, -0.05) is 25.2 Å². The van der Waals surface area contributed by atoms with Crippen molar-refractivity contribution in [3.63, 3.8) is 0 Å². The van der Waals surface area contributed by atoms with Crippen molar-refractivity contribution in [2.45, 2.75) is 85.4 Å². The molecule has 0 bridgehead atoms. The third-order valence-electron chi connectivity index (χ3n) is 4.79. The van der Waals surface area contributed by atoms with Gasteiger partial charge in [-0.15, -0.1) is 6.58 Å². The first-order chi connectivity index (χ1) is 12.2. The van der Waals surface area contributed by atoms with E-state index in [-0.39, 0.29) is 17.9 Å². The molecule has 0 aromatic heterocycles. The molecule has 0 N–H and O–H groups in total. The number of nitrogens with zero attached hydrogens (tertiary/aromatic N) is 1. The average Bonchev–Trinajstić information content (AvgIpc) is 2.49. The average molecular weight is 380 g/mol. The van der Waals surface area contributed by atoms with Gasteiger partial charge >= 0.3 is 12.2 Å². The number of hydrogen-bond donors (Lipinski definition) is 0. The largest absolute Gasteiger partial charge is 0.443 e. The summed E-state index contributed by atoms with van der Waals surface area (Å²) >= 11 is 0. The van der Waals surface area contributed by atoms with Gasteiger partial charge in [-0.3, -0.25) is 0 Å². The standard InChI is InChI=1S/C22H37NO4/c1-10-22(9)13-11-17(12-14-22)16(2)15-23(18(24)26-20(3,4)5)19(25)27-21(6,7)8/h10,17H,1-2,11-15H2,3-9H3/t17-,22-. The van der Waals surface area contributed by atoms with Crippen molar-refractivity contribution in [2.75, 3.05) is 6.54 Å². The molecule has 1 fully saturated rings. The predicted molar refractivity (Wildman–Crippen MR) is 109 cm³/mol. The molecule has 2 amide bonds. The van der Waals surface area contributed by atoms with E-state index in [9.17, 15) is 9.59 Å². The zero-order chi connectivity index (χ0) is 21.0. The Kier molecular flexibility index (Phi) is 7.31. The highest BCUT2D eigenvalue weighted by Crippen LogP contribution is 2.41. The van der Waals surface area contributed by atoms with Crippen molar-refractivity contribution in [3.8, 4) is 0 Å². The summed E-state index contributed by atoms with van der Waals surface area (Å²) in [6.07, 6.45) is 4.61. The first-order valence-corrected chi connectivity index (χ1v) is 9.70. The molecule has 154 valence electrons. The van der Waals surface area contributed by atoms with Crippen LogP contribution >= 0.6 is 0 Å². The molecule has 0 aliphatic heterocycles. The lowest BCUT2D eigenvalue weighted by atomic mass is 9.70. The minimum Gasteiger partial charge on any atom is -0.443 e. The Morgan fingerprint density at radius 2 is 1.44 bits per heavy atom. The Hall–Kier alpha value is -1.78. The lowest BCUT2D eigenvalue weighted by Gasteiger charge is -2.37. The van der Waals surface area contributed by atoms with Crippen molar-refractivity contribution >= 4 is 12.2 Å². The van der Waals surface area contributed by atoms with E-state index in [2.05, 4.69) is 20.1 Å². The maximum absolute atomic E-state index is 12.6. The Labute approximate surface area is 164 Å². The van der Waals surface area contributed by atoms with E-state index in [1.165, 1.54) is 0 Å². The van der Waals surface area contributed by atoms with Crippen LogP contribution in [0.2, 0.25) is 0 Å². The molecule has 0 heterocycles. The van der Waals surface area contributed by atoms with Crippen LogP contribution in [0.25, 0.3) is 0 Å². The third-order valence-corrected chi connectivity index (χ3v) is 4.79. The summed E-state index contributed by atoms with van der Waals surface area (Å²) in [7, 11) is 0. The van der Waals surface area contributed by atoms with Crippen molar-refractivity contribution in [2.24, 2.45) is 11.3 Å². The summed E-state index contributed by atoms with van der Waals surface area (Å²) in [5.41, 5.74) is -0.380. The van der Waals surface area contributed by atoms with Crippen molar-refractivity contribution in [1.82, 2.24) is 4.90 Å². The molecule has 5 nitrogen and oxygen atoms in total. The number of amides is 2. The van der Waals surface area contributed by atoms with E-state index in [0.717, 1.165) is 36.2 Å². The van der Waals surface area contributed by atoms with Gasteiger partial charge < -0.3 is 9.47 Å². The molecule has 1 rings (SSSR count). The first kappa shape index (κ1) is 23.3. The Morgan fingerprint density at radius 1 is 1.04 bits per heavy atom. The lowest BCUT2D eigenvalue weighted by Crippen LogP contribution is -2.45. The third kappa shape index (κ3) is 7.77. The smallest absolute Gasteiger partial charge is 0.420 e. The maximum Gasteiger partial charge on any atom is 0.420 e. The van der Waals surface area contributed by atoms with Crippen LogP contribution in [0.15, 0.2) is 24.8 Å². The minimum absolute atomic E-state index is 0.110. The molecule has 0 aromatic rings. The quantitative estimate of drug-likeness (QED) is 0.554. The van der Waals surface area contributed by atoms with Crippen LogP contribution in [0.3, 0.4) is 0 Å². The molecule has 0 atom stereocenters. The van der Waals surface area contributed by atoms with E-state index in [4.69, 9.17) is 9.47 Å². The summed E-state index contributed by atoms with van der Waals surface area (Å²) < 4.78 is 10.8. The number of hydrogen-bond acceptors (Lipinski definition) is 4. The molecule has 1 aliphatic carbocycles. The van der Waals surface area contributed by atoms with E-state index >= 15 is 0 Å². The Balaban J connectivity index is 2.87. The van der Waals surface area contributed by atoms with Gasteiger partial charge in [0.2, 0.25) is 0 Å². The lowest BCUT2D eigenvalue weighted by molar-refractivity contribution is 0.00266. The second-order valence-electron chi connectivity index (χ2n) is 9.84. The van der Waals surface area contributed by atoms with Crippen LogP contribution in [0.4, 0.5) is 9.59 Å². The van der Waals surface area contributed by atoms with Gasteiger partial charge in [-0.05, 0) is 78.6 Å². The van der Waals surface area contributed by atoms with Crippen molar-refractivity contribution < 1.29 is 19.1 Å². The highest BCUT2D eigenvalue weighted by atomic mass is 16.6. The van der Waals surface area contributed by atoms with Crippen LogP contribution in [0, 0.1) is 11.3 Å². The molecule has 0 saturated heterocycles. The molecule has 0 spiro atoms. The second kappa shape index (κ2) is 8.49. The van der Waals surface area contributed by atoms with Gasteiger partial charge in [0.15, 0.2) is 0 Å². The zero-order valence-electron chi connectivity index (χ0n) is 18.2. The van der Waals surface area contributed by atoms with Crippen LogP contribution in [-0.4, -0.2) is 34.8 Å². The van der Waals surface area contributed by atoms with Gasteiger partial charge in [-0.25, -0.2) is 14.5 Å². The first-order valence-electron chi connectivity index (χ1n) is 9.70. The maximum atomic E-state index is 12.6. The SMILES string of the molecule is C=C[C@]1(C)CC[C@@H](C(=C)CN(C(=O)OC(C)(C)C)C(=O)OC(C)(C)C)CC1. The normalized spacial score (nSPS) is 23.3. The van der Waals surface area contributed by atoms with Crippen LogP contribution in [-0.2, 0) is 9.47 Å². The summed E-state index contributed by atoms with van der Waals surface area (Å²) in [6, 6.07) is 0. The van der Waals surface area contributed by atoms with E-state index in [1.54, 1.807) is 41.5 Å². The number of allylic oxidation sites excluding steroid dienone is 1. The van der Waals surface area contributed by atoms with Crippen molar-refractivity contribution in [1.29, 1.82) is 0 Å². The fraction of sp³-hybridized carbons (Fsp3) is 0.727. The molecule has 1 saturated carbocycles. The van der Waals surface area contributed by atoms with Gasteiger partial charge in [0, 0.05) is 0 Å². The molecular formula is C22H37NO4. The topological polar surface area (TPSA) is 55.8 Å². The van der Waals surface area contributed by atoms with Crippen LogP contribution < -0.4 is 0 Å². The van der Waals surface area contributed by atoms with E-state index in [1.807, 2.05) is 6.08 Å². The van der Waals surface area contributed by atoms with Gasteiger partial charge in [0.05, 0.1) is 6.54 Å². The zero-order valence-corrected chi connectivity index (χ0v) is 18.2. The summed E-state index contributed by atoms with van der Waals surface area (Å²) in [6.45, 7) is 21.0. The minimum atomic E-state index is -0.704. The summed E-state index contributed by atoms with van der Waals surface area (Å²) in [4.78, 5) is 26.2. The van der Waals surface area contributed by atoms with E-state index in [0.29, 0.717) is 0 Å². The monoisotopic (exact) mass is 379 g/mol. The molecule has 0 unspecified atom stereocenters. The number of ether oxygens (including phenoxy) is 2. The molecule has 0 aromatic carbocycles. The Bertz CT molecular complexity index is 544. The number of rotatable bonds is 4.